The van der Waals surface area contributed by atoms with Crippen LogP contribution in [0.5, 0.6) is 0 Å². The van der Waals surface area contributed by atoms with Gasteiger partial charge in [0, 0.05) is 24.9 Å². The smallest absolute Gasteiger partial charge is 0.339 e. The molecule has 2 heterocycles. The van der Waals surface area contributed by atoms with Crippen LogP contribution in [0.3, 0.4) is 0 Å². The number of rotatable bonds is 4. The minimum Gasteiger partial charge on any atom is -0.460 e. The molecule has 0 unspecified atom stereocenters. The Bertz CT molecular complexity index is 528. The number of aromatic nitrogens is 2. The second kappa shape index (κ2) is 5.36. The van der Waals surface area contributed by atoms with Crippen molar-refractivity contribution in [3.63, 3.8) is 0 Å². The third-order valence-corrected chi connectivity index (χ3v) is 2.24. The van der Waals surface area contributed by atoms with Gasteiger partial charge in [0.15, 0.2) is 0 Å². The molecule has 2 aromatic heterocycles. The number of fused-ring (bicyclic) bond motifs is 1. The summed E-state index contributed by atoms with van der Waals surface area (Å²) < 4.78 is 9.80. The van der Waals surface area contributed by atoms with Crippen LogP contribution in [-0.4, -0.2) is 36.3 Å². The lowest BCUT2D eigenvalue weighted by Gasteiger charge is -2.04. The van der Waals surface area contributed by atoms with E-state index in [-0.39, 0.29) is 6.61 Å². The highest BCUT2D eigenvalue weighted by Gasteiger charge is 2.08. The first kappa shape index (κ1) is 11.5. The molecule has 0 amide bonds. The van der Waals surface area contributed by atoms with E-state index in [9.17, 15) is 4.79 Å². The van der Waals surface area contributed by atoms with Crippen LogP contribution >= 0.6 is 0 Å². The van der Waals surface area contributed by atoms with Crippen LogP contribution in [-0.2, 0) is 9.47 Å². The number of hydrogen-bond acceptors (Lipinski definition) is 5. The van der Waals surface area contributed by atoms with Crippen LogP contribution in [0.25, 0.3) is 10.9 Å². The van der Waals surface area contributed by atoms with Crippen LogP contribution in [0.4, 0.5) is 0 Å². The maximum absolute atomic E-state index is 11.6. The third-order valence-electron chi connectivity index (χ3n) is 2.24. The Morgan fingerprint density at radius 2 is 2.24 bits per heavy atom. The molecular weight excluding hydrogens is 220 g/mol. The molecule has 0 aliphatic rings. The Balaban J connectivity index is 2.15. The maximum atomic E-state index is 11.6. The van der Waals surface area contributed by atoms with Gasteiger partial charge in [0.25, 0.3) is 0 Å². The second-order valence-corrected chi connectivity index (χ2v) is 3.42. The molecule has 0 aliphatic carbocycles. The zero-order valence-corrected chi connectivity index (χ0v) is 9.42. The van der Waals surface area contributed by atoms with Gasteiger partial charge in [0.1, 0.15) is 6.61 Å². The summed E-state index contributed by atoms with van der Waals surface area (Å²) in [5, 5.41) is 0.862. The minimum atomic E-state index is -0.395. The zero-order valence-electron chi connectivity index (χ0n) is 9.42. The number of hydrogen-bond donors (Lipinski definition) is 0. The molecule has 0 bridgehead atoms. The number of ether oxygens (including phenoxy) is 2. The summed E-state index contributed by atoms with van der Waals surface area (Å²) >= 11 is 0. The van der Waals surface area contributed by atoms with Gasteiger partial charge in [-0.3, -0.25) is 9.97 Å². The fourth-order valence-electron chi connectivity index (χ4n) is 1.38. The van der Waals surface area contributed by atoms with E-state index in [1.807, 2.05) is 0 Å². The van der Waals surface area contributed by atoms with Gasteiger partial charge in [-0.25, -0.2) is 4.79 Å². The average molecular weight is 232 g/mol. The summed E-state index contributed by atoms with van der Waals surface area (Å²) in [6.45, 7) is 0.625. The second-order valence-electron chi connectivity index (χ2n) is 3.42. The van der Waals surface area contributed by atoms with Gasteiger partial charge in [-0.05, 0) is 12.1 Å². The fourth-order valence-corrected chi connectivity index (χ4v) is 1.38. The van der Waals surface area contributed by atoms with Gasteiger partial charge in [0.2, 0.25) is 0 Å². The van der Waals surface area contributed by atoms with Crippen LogP contribution in [0.1, 0.15) is 10.4 Å². The molecule has 2 rings (SSSR count). The molecule has 0 aromatic carbocycles. The summed E-state index contributed by atoms with van der Waals surface area (Å²) in [5.41, 5.74) is 1.18. The first-order valence-corrected chi connectivity index (χ1v) is 5.17. The van der Waals surface area contributed by atoms with E-state index in [4.69, 9.17) is 9.47 Å². The molecular formula is C12H12N2O3. The molecule has 17 heavy (non-hydrogen) atoms. The van der Waals surface area contributed by atoms with Crippen molar-refractivity contribution in [2.45, 2.75) is 0 Å². The molecule has 88 valence electrons. The van der Waals surface area contributed by atoms with E-state index in [0.29, 0.717) is 12.2 Å². The quantitative estimate of drug-likeness (QED) is 0.589. The van der Waals surface area contributed by atoms with Crippen LogP contribution in [0, 0.1) is 0 Å². The number of methoxy groups -OCH3 is 1. The van der Waals surface area contributed by atoms with Gasteiger partial charge in [-0.2, -0.15) is 0 Å². The SMILES string of the molecule is COCCOC(=O)c1cnc2cnccc2c1. The lowest BCUT2D eigenvalue weighted by atomic mass is 10.2. The normalized spacial score (nSPS) is 10.4. The maximum Gasteiger partial charge on any atom is 0.339 e. The lowest BCUT2D eigenvalue weighted by Crippen LogP contribution is -2.10. The molecule has 2 aromatic rings. The Hall–Kier alpha value is -2.01. The predicted octanol–water partition coefficient (Wildman–Crippen LogP) is 1.43. The monoisotopic (exact) mass is 232 g/mol. The van der Waals surface area contributed by atoms with Gasteiger partial charge in [0.05, 0.1) is 23.9 Å². The Morgan fingerprint density at radius 1 is 1.35 bits per heavy atom. The van der Waals surface area contributed by atoms with Crippen molar-refractivity contribution >= 4 is 16.9 Å². The topological polar surface area (TPSA) is 61.3 Å². The number of nitrogens with zero attached hydrogens (tertiary/aromatic N) is 2. The highest BCUT2D eigenvalue weighted by Crippen LogP contribution is 2.12. The number of carbonyl (C=O) groups excluding carboxylic acids is 1. The van der Waals surface area contributed by atoms with Crippen molar-refractivity contribution < 1.29 is 14.3 Å². The summed E-state index contributed by atoms with van der Waals surface area (Å²) in [7, 11) is 1.55. The zero-order chi connectivity index (χ0) is 12.1. The molecule has 0 saturated carbocycles. The van der Waals surface area contributed by atoms with Gasteiger partial charge in [-0.15, -0.1) is 0 Å². The molecule has 0 N–H and O–H groups in total. The van der Waals surface area contributed by atoms with E-state index in [0.717, 1.165) is 10.9 Å². The Labute approximate surface area is 98.4 Å². The van der Waals surface area contributed by atoms with Gasteiger partial charge in [-0.1, -0.05) is 0 Å². The lowest BCUT2D eigenvalue weighted by molar-refractivity contribution is 0.0388. The molecule has 0 fully saturated rings. The number of esters is 1. The van der Waals surface area contributed by atoms with Crippen molar-refractivity contribution in [3.05, 3.63) is 36.3 Å². The third kappa shape index (κ3) is 2.76. The van der Waals surface area contributed by atoms with E-state index in [2.05, 4.69) is 9.97 Å². The van der Waals surface area contributed by atoms with Gasteiger partial charge >= 0.3 is 5.97 Å². The van der Waals surface area contributed by atoms with E-state index in [1.165, 1.54) is 6.20 Å². The first-order valence-electron chi connectivity index (χ1n) is 5.17. The summed E-state index contributed by atoms with van der Waals surface area (Å²) in [6, 6.07) is 3.54. The van der Waals surface area contributed by atoms with Crippen LogP contribution < -0.4 is 0 Å². The number of carbonyl (C=O) groups is 1. The Kier molecular flexibility index (Phi) is 3.62. The standard InChI is InChI=1S/C12H12N2O3/c1-16-4-5-17-12(15)10-6-9-2-3-13-8-11(9)14-7-10/h2-3,6-8H,4-5H2,1H3. The summed E-state index contributed by atoms with van der Waals surface area (Å²) in [5.74, 6) is -0.395. The molecule has 5 nitrogen and oxygen atoms in total. The van der Waals surface area contributed by atoms with Crippen LogP contribution in [0.2, 0.25) is 0 Å². The highest BCUT2D eigenvalue weighted by molar-refractivity contribution is 5.93. The van der Waals surface area contributed by atoms with Crippen molar-refractivity contribution in [2.75, 3.05) is 20.3 Å². The van der Waals surface area contributed by atoms with Crippen molar-refractivity contribution in [1.29, 1.82) is 0 Å². The van der Waals surface area contributed by atoms with Crippen molar-refractivity contribution in [1.82, 2.24) is 9.97 Å². The van der Waals surface area contributed by atoms with Crippen molar-refractivity contribution in [2.24, 2.45) is 0 Å². The van der Waals surface area contributed by atoms with E-state index < -0.39 is 5.97 Å². The predicted molar refractivity (Wildman–Crippen MR) is 61.7 cm³/mol. The minimum absolute atomic E-state index is 0.240. The van der Waals surface area contributed by atoms with Gasteiger partial charge < -0.3 is 9.47 Å². The average Bonchev–Trinajstić information content (AvgIpc) is 2.38. The largest absolute Gasteiger partial charge is 0.460 e. The molecule has 0 atom stereocenters. The molecule has 5 heteroatoms. The Morgan fingerprint density at radius 3 is 3.06 bits per heavy atom. The highest BCUT2D eigenvalue weighted by atomic mass is 16.6. The van der Waals surface area contributed by atoms with Crippen molar-refractivity contribution in [3.8, 4) is 0 Å². The first-order chi connectivity index (χ1) is 8.31. The van der Waals surface area contributed by atoms with E-state index >= 15 is 0 Å². The number of pyridine rings is 2. The summed E-state index contributed by atoms with van der Waals surface area (Å²) in [4.78, 5) is 19.7. The van der Waals surface area contributed by atoms with E-state index in [1.54, 1.807) is 31.6 Å². The molecule has 0 aliphatic heterocycles. The fraction of sp³-hybridized carbons (Fsp3) is 0.250. The molecule has 0 radical (unpaired) electrons. The molecule has 0 spiro atoms. The van der Waals surface area contributed by atoms with Crippen LogP contribution in [0.15, 0.2) is 30.7 Å². The molecule has 0 saturated heterocycles. The summed E-state index contributed by atoms with van der Waals surface area (Å²) in [6.07, 6.45) is 4.79.